The number of hydrogen-bond acceptors (Lipinski definition) is 4. The number of hydrogen-bond donors (Lipinski definition) is 2. The molecular weight excluding hydrogens is 288 g/mol. The van der Waals surface area contributed by atoms with Gasteiger partial charge >= 0.3 is 5.69 Å². The number of aromatic hydroxyl groups is 1. The third kappa shape index (κ3) is 3.20. The molecule has 0 unspecified atom stereocenters. The van der Waals surface area contributed by atoms with Gasteiger partial charge in [-0.3, -0.25) is 14.3 Å². The second kappa shape index (κ2) is 6.30. The van der Waals surface area contributed by atoms with E-state index >= 15 is 0 Å². The molecule has 0 spiro atoms. The predicted octanol–water partition coefficient (Wildman–Crippen LogP) is 2.43. The van der Waals surface area contributed by atoms with Crippen LogP contribution in [-0.4, -0.2) is 25.7 Å². The highest BCUT2D eigenvalue weighted by atomic mass is 32.2. The largest absolute Gasteiger partial charge is 0.494 e. The molecular formula is C15H24N2O3S. The zero-order valence-corrected chi connectivity index (χ0v) is 13.8. The van der Waals surface area contributed by atoms with Gasteiger partial charge < -0.3 is 5.11 Å². The number of H-pyrrole nitrogens is 1. The molecule has 21 heavy (non-hydrogen) atoms. The topological polar surface area (TPSA) is 75.1 Å². The van der Waals surface area contributed by atoms with Crippen LogP contribution >= 0.6 is 11.8 Å². The Kier molecular flexibility index (Phi) is 4.86. The fraction of sp³-hybridized carbons (Fsp3) is 0.733. The number of nitrogens with zero attached hydrogens (tertiary/aromatic N) is 1. The summed E-state index contributed by atoms with van der Waals surface area (Å²) in [5.74, 6) is -0.296. The Morgan fingerprint density at radius 2 is 1.90 bits per heavy atom. The van der Waals surface area contributed by atoms with Crippen LogP contribution in [0.1, 0.15) is 57.4 Å². The van der Waals surface area contributed by atoms with Gasteiger partial charge in [0.25, 0.3) is 5.56 Å². The van der Waals surface area contributed by atoms with Crippen molar-refractivity contribution in [2.45, 2.75) is 63.2 Å². The lowest BCUT2D eigenvalue weighted by Crippen LogP contribution is -2.40. The first-order valence-corrected chi connectivity index (χ1v) is 8.74. The fourth-order valence-corrected chi connectivity index (χ4v) is 4.11. The molecule has 0 atom stereocenters. The average molecular weight is 312 g/mol. The lowest BCUT2D eigenvalue weighted by atomic mass is 9.88. The van der Waals surface area contributed by atoms with E-state index < -0.39 is 11.2 Å². The van der Waals surface area contributed by atoms with Crippen molar-refractivity contribution >= 4 is 11.8 Å². The van der Waals surface area contributed by atoms with Gasteiger partial charge in [-0.25, -0.2) is 4.79 Å². The molecule has 0 bridgehead atoms. The summed E-state index contributed by atoms with van der Waals surface area (Å²) in [6, 6.07) is 0. The van der Waals surface area contributed by atoms with Crippen LogP contribution in [0.4, 0.5) is 0 Å². The normalized spacial score (nSPS) is 18.1. The standard InChI is InChI=1S/C15H24N2O3S/c1-10(2)11-12(18)16-14(20)17(13(11)19)9-15(21-3)7-5-4-6-8-15/h10,19H,4-9H2,1-3H3,(H,16,18,20). The lowest BCUT2D eigenvalue weighted by Gasteiger charge is -2.36. The minimum atomic E-state index is -0.513. The van der Waals surface area contributed by atoms with Gasteiger partial charge in [-0.15, -0.1) is 0 Å². The van der Waals surface area contributed by atoms with Crippen molar-refractivity contribution in [3.63, 3.8) is 0 Å². The molecule has 0 amide bonds. The maximum atomic E-state index is 12.1. The molecule has 1 aliphatic carbocycles. The SMILES string of the molecule is CSC1(Cn2c(O)c(C(C)C)c(=O)[nH]c2=O)CCCCC1. The van der Waals surface area contributed by atoms with Gasteiger partial charge in [0.15, 0.2) is 0 Å². The van der Waals surface area contributed by atoms with Crippen LogP contribution < -0.4 is 11.2 Å². The molecule has 6 heteroatoms. The minimum Gasteiger partial charge on any atom is -0.494 e. The Balaban J connectivity index is 2.46. The van der Waals surface area contributed by atoms with Crippen molar-refractivity contribution < 1.29 is 5.11 Å². The van der Waals surface area contributed by atoms with E-state index in [1.807, 2.05) is 13.8 Å². The monoisotopic (exact) mass is 312 g/mol. The van der Waals surface area contributed by atoms with Crippen LogP contribution in [0.25, 0.3) is 0 Å². The van der Waals surface area contributed by atoms with Gasteiger partial charge in [0, 0.05) is 11.3 Å². The number of aromatic nitrogens is 2. The summed E-state index contributed by atoms with van der Waals surface area (Å²) < 4.78 is 1.32. The summed E-state index contributed by atoms with van der Waals surface area (Å²) in [5.41, 5.74) is -0.701. The molecule has 1 aromatic rings. The van der Waals surface area contributed by atoms with E-state index in [1.165, 1.54) is 11.0 Å². The molecule has 0 aliphatic heterocycles. The molecule has 0 radical (unpaired) electrons. The summed E-state index contributed by atoms with van der Waals surface area (Å²) in [6.07, 6.45) is 7.66. The molecule has 5 nitrogen and oxygen atoms in total. The molecule has 2 rings (SSSR count). The van der Waals surface area contributed by atoms with E-state index in [4.69, 9.17) is 0 Å². The highest BCUT2D eigenvalue weighted by molar-refractivity contribution is 8.00. The zero-order valence-electron chi connectivity index (χ0n) is 12.9. The van der Waals surface area contributed by atoms with E-state index in [-0.39, 0.29) is 16.5 Å². The summed E-state index contributed by atoms with van der Waals surface area (Å²) in [4.78, 5) is 26.3. The Labute approximate surface area is 128 Å². The molecule has 1 aliphatic rings. The lowest BCUT2D eigenvalue weighted by molar-refractivity contribution is 0.319. The highest BCUT2D eigenvalue weighted by Crippen LogP contribution is 2.40. The van der Waals surface area contributed by atoms with Crippen LogP contribution in [0.2, 0.25) is 0 Å². The molecule has 1 aromatic heterocycles. The Morgan fingerprint density at radius 1 is 1.29 bits per heavy atom. The third-order valence-corrected chi connectivity index (χ3v) is 5.83. The molecule has 1 fully saturated rings. The van der Waals surface area contributed by atoms with Crippen molar-refractivity contribution in [3.05, 3.63) is 26.4 Å². The van der Waals surface area contributed by atoms with Crippen molar-refractivity contribution in [2.75, 3.05) is 6.26 Å². The molecule has 1 heterocycles. The van der Waals surface area contributed by atoms with Gasteiger partial charge in [-0.2, -0.15) is 11.8 Å². The molecule has 2 N–H and O–H groups in total. The Morgan fingerprint density at radius 3 is 2.43 bits per heavy atom. The predicted molar refractivity (Wildman–Crippen MR) is 86.4 cm³/mol. The summed E-state index contributed by atoms with van der Waals surface area (Å²) >= 11 is 1.76. The first-order valence-electron chi connectivity index (χ1n) is 7.51. The second-order valence-corrected chi connectivity index (χ2v) is 7.46. The van der Waals surface area contributed by atoms with Crippen LogP contribution in [0.15, 0.2) is 9.59 Å². The van der Waals surface area contributed by atoms with E-state index in [0.29, 0.717) is 12.1 Å². The van der Waals surface area contributed by atoms with Crippen molar-refractivity contribution in [3.8, 4) is 5.88 Å². The fourth-order valence-electron chi connectivity index (χ4n) is 3.15. The van der Waals surface area contributed by atoms with Gasteiger partial charge in [0.05, 0.1) is 5.56 Å². The summed E-state index contributed by atoms with van der Waals surface area (Å²) in [5, 5.41) is 10.4. The van der Waals surface area contributed by atoms with Crippen LogP contribution in [0.3, 0.4) is 0 Å². The molecule has 1 saturated carbocycles. The number of thioether (sulfide) groups is 1. The van der Waals surface area contributed by atoms with Gasteiger partial charge in [0.2, 0.25) is 5.88 Å². The molecule has 0 saturated heterocycles. The first kappa shape index (κ1) is 16.2. The van der Waals surface area contributed by atoms with E-state index in [2.05, 4.69) is 11.2 Å². The average Bonchev–Trinajstić information content (AvgIpc) is 2.44. The van der Waals surface area contributed by atoms with E-state index in [0.717, 1.165) is 25.7 Å². The Bertz CT molecular complexity index is 612. The summed E-state index contributed by atoms with van der Waals surface area (Å²) in [7, 11) is 0. The second-order valence-electron chi connectivity index (χ2n) is 6.19. The maximum absolute atomic E-state index is 12.1. The van der Waals surface area contributed by atoms with Gasteiger partial charge in [-0.05, 0) is 25.0 Å². The van der Waals surface area contributed by atoms with E-state index in [9.17, 15) is 14.7 Å². The first-order chi connectivity index (χ1) is 9.90. The van der Waals surface area contributed by atoms with Gasteiger partial charge in [-0.1, -0.05) is 33.1 Å². The maximum Gasteiger partial charge on any atom is 0.331 e. The van der Waals surface area contributed by atoms with Crippen molar-refractivity contribution in [1.82, 2.24) is 9.55 Å². The van der Waals surface area contributed by atoms with Gasteiger partial charge in [0.1, 0.15) is 0 Å². The summed E-state index contributed by atoms with van der Waals surface area (Å²) in [6.45, 7) is 4.13. The number of nitrogens with one attached hydrogen (secondary N) is 1. The molecule has 0 aromatic carbocycles. The highest BCUT2D eigenvalue weighted by Gasteiger charge is 2.33. The van der Waals surface area contributed by atoms with Crippen molar-refractivity contribution in [2.24, 2.45) is 0 Å². The third-order valence-electron chi connectivity index (χ3n) is 4.43. The van der Waals surface area contributed by atoms with Crippen LogP contribution in [0, 0.1) is 0 Å². The smallest absolute Gasteiger partial charge is 0.331 e. The van der Waals surface area contributed by atoms with Crippen molar-refractivity contribution in [1.29, 1.82) is 0 Å². The quantitative estimate of drug-likeness (QED) is 0.895. The van der Waals surface area contributed by atoms with Crippen LogP contribution in [0.5, 0.6) is 5.88 Å². The number of aromatic amines is 1. The van der Waals surface area contributed by atoms with Crippen LogP contribution in [-0.2, 0) is 6.54 Å². The Hall–Kier alpha value is -1.17. The zero-order chi connectivity index (χ0) is 15.6. The number of rotatable bonds is 4. The minimum absolute atomic E-state index is 0.0218. The molecule has 118 valence electrons. The van der Waals surface area contributed by atoms with E-state index in [1.54, 1.807) is 11.8 Å².